The maximum atomic E-state index is 12.5. The summed E-state index contributed by atoms with van der Waals surface area (Å²) in [5.74, 6) is 0.987. The lowest BCUT2D eigenvalue weighted by Crippen LogP contribution is -2.42. The van der Waals surface area contributed by atoms with Gasteiger partial charge in [-0.2, -0.15) is 0 Å². The van der Waals surface area contributed by atoms with Crippen LogP contribution in [0, 0.1) is 24.7 Å². The number of fused-ring (bicyclic) bond motifs is 2. The van der Waals surface area contributed by atoms with Crippen molar-refractivity contribution in [3.05, 3.63) is 28.8 Å². The van der Waals surface area contributed by atoms with Crippen LogP contribution in [-0.4, -0.2) is 11.9 Å². The monoisotopic (exact) mass is 278 g/mol. The highest BCUT2D eigenvalue weighted by Gasteiger charge is 2.49. The van der Waals surface area contributed by atoms with Gasteiger partial charge in [-0.15, -0.1) is 0 Å². The van der Waals surface area contributed by atoms with E-state index in [4.69, 9.17) is 17.3 Å². The standard InChI is InChI=1S/C15H19ClN2O/c1-8-3-2-4-11(16)14(8)18-15(19)12-9-5-6-10(7-9)13(12)17/h2-4,9-10,12-13H,5-7,17H2,1H3,(H,18,19). The summed E-state index contributed by atoms with van der Waals surface area (Å²) in [5.41, 5.74) is 7.91. The lowest BCUT2D eigenvalue weighted by molar-refractivity contribution is -0.121. The third-order valence-electron chi connectivity index (χ3n) is 4.75. The number of hydrogen-bond acceptors (Lipinski definition) is 2. The number of anilines is 1. The van der Waals surface area contributed by atoms with Crippen molar-refractivity contribution in [2.75, 3.05) is 5.32 Å². The molecule has 19 heavy (non-hydrogen) atoms. The van der Waals surface area contributed by atoms with E-state index >= 15 is 0 Å². The van der Waals surface area contributed by atoms with E-state index in [1.807, 2.05) is 19.1 Å². The fraction of sp³-hybridized carbons (Fsp3) is 0.533. The van der Waals surface area contributed by atoms with Gasteiger partial charge in [0.05, 0.1) is 16.6 Å². The van der Waals surface area contributed by atoms with Gasteiger partial charge in [0.15, 0.2) is 0 Å². The number of halogens is 1. The Morgan fingerprint density at radius 2 is 2.11 bits per heavy atom. The van der Waals surface area contributed by atoms with E-state index in [2.05, 4.69) is 5.32 Å². The Labute approximate surface area is 118 Å². The van der Waals surface area contributed by atoms with Crippen LogP contribution in [0.4, 0.5) is 5.69 Å². The van der Waals surface area contributed by atoms with Crippen LogP contribution in [0.25, 0.3) is 0 Å². The molecular weight excluding hydrogens is 260 g/mol. The number of para-hydroxylation sites is 1. The maximum Gasteiger partial charge on any atom is 0.229 e. The van der Waals surface area contributed by atoms with Gasteiger partial charge in [-0.1, -0.05) is 23.7 Å². The molecule has 4 unspecified atom stereocenters. The number of benzene rings is 1. The smallest absolute Gasteiger partial charge is 0.229 e. The molecule has 2 aliphatic rings. The topological polar surface area (TPSA) is 55.1 Å². The quantitative estimate of drug-likeness (QED) is 0.874. The summed E-state index contributed by atoms with van der Waals surface area (Å²) in [4.78, 5) is 12.5. The first-order valence-corrected chi connectivity index (χ1v) is 7.27. The van der Waals surface area contributed by atoms with Gasteiger partial charge in [0.2, 0.25) is 5.91 Å². The molecule has 1 amide bonds. The molecule has 0 saturated heterocycles. The molecule has 2 bridgehead atoms. The SMILES string of the molecule is Cc1cccc(Cl)c1NC(=O)C1C2CCC(C2)C1N. The fourth-order valence-corrected chi connectivity index (χ4v) is 3.99. The number of nitrogens with one attached hydrogen (secondary N) is 1. The molecule has 4 atom stereocenters. The van der Waals surface area contributed by atoms with Crippen molar-refractivity contribution in [3.8, 4) is 0 Å². The van der Waals surface area contributed by atoms with Gasteiger partial charge in [0.25, 0.3) is 0 Å². The Balaban J connectivity index is 1.79. The normalized spacial score (nSPS) is 32.6. The number of carbonyl (C=O) groups is 1. The zero-order valence-electron chi connectivity index (χ0n) is 11.0. The van der Waals surface area contributed by atoms with Gasteiger partial charge in [0.1, 0.15) is 0 Å². The summed E-state index contributed by atoms with van der Waals surface area (Å²) in [6, 6.07) is 5.64. The minimum absolute atomic E-state index is 0.0153. The third-order valence-corrected chi connectivity index (χ3v) is 5.07. The number of aryl methyl sites for hydroxylation is 1. The second kappa shape index (κ2) is 4.80. The van der Waals surface area contributed by atoms with Crippen LogP contribution in [-0.2, 0) is 4.79 Å². The van der Waals surface area contributed by atoms with Crippen LogP contribution < -0.4 is 11.1 Å². The summed E-state index contributed by atoms with van der Waals surface area (Å²) in [6.45, 7) is 1.95. The summed E-state index contributed by atoms with van der Waals surface area (Å²) < 4.78 is 0. The number of carbonyl (C=O) groups excluding carboxylic acids is 1. The highest BCUT2D eigenvalue weighted by molar-refractivity contribution is 6.33. The minimum Gasteiger partial charge on any atom is -0.327 e. The summed E-state index contributed by atoms with van der Waals surface area (Å²) in [5, 5.41) is 3.57. The lowest BCUT2D eigenvalue weighted by atomic mass is 9.84. The van der Waals surface area contributed by atoms with Crippen LogP contribution in [0.3, 0.4) is 0 Å². The van der Waals surface area contributed by atoms with Crippen LogP contribution in [0.15, 0.2) is 18.2 Å². The predicted molar refractivity (Wildman–Crippen MR) is 77.1 cm³/mol. The van der Waals surface area contributed by atoms with Gasteiger partial charge >= 0.3 is 0 Å². The molecule has 4 heteroatoms. The van der Waals surface area contributed by atoms with E-state index in [0.717, 1.165) is 24.1 Å². The molecule has 2 saturated carbocycles. The van der Waals surface area contributed by atoms with Crippen molar-refractivity contribution in [2.45, 2.75) is 32.2 Å². The zero-order valence-corrected chi connectivity index (χ0v) is 11.8. The van der Waals surface area contributed by atoms with Crippen LogP contribution in [0.5, 0.6) is 0 Å². The van der Waals surface area contributed by atoms with Crippen molar-refractivity contribution in [1.82, 2.24) is 0 Å². The van der Waals surface area contributed by atoms with Gasteiger partial charge in [0, 0.05) is 6.04 Å². The molecule has 0 aliphatic heterocycles. The largest absolute Gasteiger partial charge is 0.327 e. The zero-order chi connectivity index (χ0) is 13.6. The molecule has 0 heterocycles. The second-order valence-corrected chi connectivity index (χ2v) is 6.26. The molecule has 2 aliphatic carbocycles. The predicted octanol–water partition coefficient (Wildman–Crippen LogP) is 2.96. The average Bonchev–Trinajstić information content (AvgIpc) is 2.94. The first-order chi connectivity index (χ1) is 9.08. The van der Waals surface area contributed by atoms with Crippen LogP contribution in [0.2, 0.25) is 5.02 Å². The van der Waals surface area contributed by atoms with E-state index in [-0.39, 0.29) is 17.9 Å². The summed E-state index contributed by atoms with van der Waals surface area (Å²) in [7, 11) is 0. The highest BCUT2D eigenvalue weighted by Crippen LogP contribution is 2.48. The molecule has 0 radical (unpaired) electrons. The van der Waals surface area contributed by atoms with E-state index in [0.29, 0.717) is 16.9 Å². The Bertz CT molecular complexity index is 495. The van der Waals surface area contributed by atoms with Gasteiger partial charge < -0.3 is 11.1 Å². The molecule has 1 aromatic rings. The van der Waals surface area contributed by atoms with Crippen molar-refractivity contribution >= 4 is 23.2 Å². The molecule has 3 rings (SSSR count). The Morgan fingerprint density at radius 3 is 2.74 bits per heavy atom. The van der Waals surface area contributed by atoms with Crippen molar-refractivity contribution < 1.29 is 4.79 Å². The van der Waals surface area contributed by atoms with Gasteiger partial charge in [-0.3, -0.25) is 4.79 Å². The van der Waals surface area contributed by atoms with E-state index in [1.165, 1.54) is 6.42 Å². The van der Waals surface area contributed by atoms with Gasteiger partial charge in [-0.25, -0.2) is 0 Å². The second-order valence-electron chi connectivity index (χ2n) is 5.86. The molecule has 102 valence electrons. The van der Waals surface area contributed by atoms with Crippen molar-refractivity contribution in [1.29, 1.82) is 0 Å². The molecule has 3 nitrogen and oxygen atoms in total. The lowest BCUT2D eigenvalue weighted by Gasteiger charge is -2.27. The number of rotatable bonds is 2. The third kappa shape index (κ3) is 2.15. The molecule has 0 spiro atoms. The van der Waals surface area contributed by atoms with Crippen molar-refractivity contribution in [3.63, 3.8) is 0 Å². The molecule has 1 aromatic carbocycles. The summed E-state index contributed by atoms with van der Waals surface area (Å²) >= 11 is 6.15. The first kappa shape index (κ1) is 12.9. The van der Waals surface area contributed by atoms with E-state index < -0.39 is 0 Å². The molecular formula is C15H19ClN2O. The first-order valence-electron chi connectivity index (χ1n) is 6.89. The Kier molecular flexibility index (Phi) is 3.27. The van der Waals surface area contributed by atoms with Crippen LogP contribution in [0.1, 0.15) is 24.8 Å². The summed E-state index contributed by atoms with van der Waals surface area (Å²) in [6.07, 6.45) is 3.43. The molecule has 3 N–H and O–H groups in total. The van der Waals surface area contributed by atoms with E-state index in [9.17, 15) is 4.79 Å². The average molecular weight is 279 g/mol. The number of nitrogens with two attached hydrogens (primary N) is 1. The van der Waals surface area contributed by atoms with E-state index in [1.54, 1.807) is 6.07 Å². The Morgan fingerprint density at radius 1 is 1.37 bits per heavy atom. The molecule has 0 aromatic heterocycles. The molecule has 2 fully saturated rings. The Hall–Kier alpha value is -1.06. The van der Waals surface area contributed by atoms with Crippen LogP contribution >= 0.6 is 11.6 Å². The van der Waals surface area contributed by atoms with Crippen molar-refractivity contribution in [2.24, 2.45) is 23.5 Å². The maximum absolute atomic E-state index is 12.5. The van der Waals surface area contributed by atoms with Gasteiger partial charge in [-0.05, 0) is 49.7 Å². The minimum atomic E-state index is -0.0468. The number of hydrogen-bond donors (Lipinski definition) is 2. The highest BCUT2D eigenvalue weighted by atomic mass is 35.5. The number of amides is 1. The fourth-order valence-electron chi connectivity index (χ4n) is 3.72.